The minimum absolute atomic E-state index is 0.0516. The largest absolute Gasteiger partial charge is 0.218 e. The smallest absolute Gasteiger partial charge is 0.212 e. The average Bonchev–Trinajstić information content (AvgIpc) is 2.30. The predicted molar refractivity (Wildman–Crippen MR) is 63.5 cm³/mol. The summed E-state index contributed by atoms with van der Waals surface area (Å²) >= 11 is 0. The number of sulfonamides is 1. The summed E-state index contributed by atoms with van der Waals surface area (Å²) in [6.45, 7) is 6.08. The number of hydrogen-bond donors (Lipinski definition) is 0. The summed E-state index contributed by atoms with van der Waals surface area (Å²) in [5.74, 6) is 1.09. The molecule has 0 radical (unpaired) electrons. The maximum atomic E-state index is 12.5. The average molecular weight is 243 g/mol. The summed E-state index contributed by atoms with van der Waals surface area (Å²) in [6.07, 6.45) is 4.42. The van der Waals surface area contributed by atoms with Crippen LogP contribution < -0.4 is 0 Å². The van der Waals surface area contributed by atoms with E-state index in [0.29, 0.717) is 17.9 Å². The summed E-state index contributed by atoms with van der Waals surface area (Å²) in [5.41, 5.74) is -0.247. The van der Waals surface area contributed by atoms with Crippen molar-refractivity contribution in [2.45, 2.75) is 63.3 Å². The van der Waals surface area contributed by atoms with E-state index >= 15 is 0 Å². The first-order chi connectivity index (χ1) is 7.32. The molecule has 92 valence electrons. The van der Waals surface area contributed by atoms with E-state index in [-0.39, 0.29) is 10.8 Å². The van der Waals surface area contributed by atoms with Crippen LogP contribution in [0.4, 0.5) is 0 Å². The highest BCUT2D eigenvalue weighted by molar-refractivity contribution is 7.90. The molecule has 0 spiro atoms. The van der Waals surface area contributed by atoms with E-state index < -0.39 is 10.0 Å². The molecule has 0 amide bonds. The molecule has 3 aliphatic carbocycles. The molecular formula is C12H21NO2S. The van der Waals surface area contributed by atoms with Crippen LogP contribution in [-0.4, -0.2) is 29.6 Å². The summed E-state index contributed by atoms with van der Waals surface area (Å²) in [4.78, 5) is 0. The zero-order valence-corrected chi connectivity index (χ0v) is 11.1. The molecule has 1 aliphatic heterocycles. The standard InChI is InChI=1S/C12H21NO2S/c1-12(2,3)13-10-6-8-4-5-9(10)11(7-8)16(13,14)15/h8-11H,4-7H2,1-3H3. The number of nitrogens with zero attached hydrogens (tertiary/aromatic N) is 1. The van der Waals surface area contributed by atoms with E-state index in [4.69, 9.17) is 0 Å². The van der Waals surface area contributed by atoms with E-state index in [2.05, 4.69) is 0 Å². The molecule has 4 atom stereocenters. The monoisotopic (exact) mass is 243 g/mol. The highest BCUT2D eigenvalue weighted by atomic mass is 32.2. The van der Waals surface area contributed by atoms with Crippen LogP contribution in [-0.2, 0) is 10.0 Å². The van der Waals surface area contributed by atoms with Crippen LogP contribution >= 0.6 is 0 Å². The lowest BCUT2D eigenvalue weighted by Crippen LogP contribution is -2.49. The van der Waals surface area contributed by atoms with E-state index in [1.54, 1.807) is 0 Å². The summed E-state index contributed by atoms with van der Waals surface area (Å²) < 4.78 is 26.9. The van der Waals surface area contributed by atoms with Crippen molar-refractivity contribution < 1.29 is 8.42 Å². The molecule has 1 heterocycles. The molecule has 1 saturated heterocycles. The SMILES string of the molecule is CC(C)(C)N1C2CC3CCC2C(C3)S1(=O)=O. The summed E-state index contributed by atoms with van der Waals surface area (Å²) in [5, 5.41) is -0.0516. The van der Waals surface area contributed by atoms with Crippen molar-refractivity contribution in [1.29, 1.82) is 0 Å². The van der Waals surface area contributed by atoms with E-state index in [1.165, 1.54) is 6.42 Å². The Balaban J connectivity index is 2.09. The molecule has 0 aromatic heterocycles. The Morgan fingerprint density at radius 2 is 1.81 bits per heavy atom. The molecule has 4 unspecified atom stereocenters. The molecule has 4 rings (SSSR count). The summed E-state index contributed by atoms with van der Waals surface area (Å²) in [7, 11) is -3.02. The third kappa shape index (κ3) is 1.26. The second-order valence-electron chi connectivity index (χ2n) is 6.70. The van der Waals surface area contributed by atoms with Crippen LogP contribution in [0.2, 0.25) is 0 Å². The molecule has 4 aliphatic rings. The first-order valence-electron chi connectivity index (χ1n) is 6.35. The van der Waals surface area contributed by atoms with Gasteiger partial charge < -0.3 is 0 Å². The van der Waals surface area contributed by atoms with Crippen molar-refractivity contribution in [3.8, 4) is 0 Å². The zero-order chi connectivity index (χ0) is 11.7. The first-order valence-corrected chi connectivity index (χ1v) is 7.85. The molecule has 0 aromatic carbocycles. The lowest BCUT2D eigenvalue weighted by molar-refractivity contribution is 0.0784. The topological polar surface area (TPSA) is 37.4 Å². The minimum atomic E-state index is -3.02. The molecule has 16 heavy (non-hydrogen) atoms. The van der Waals surface area contributed by atoms with Crippen LogP contribution in [0.3, 0.4) is 0 Å². The van der Waals surface area contributed by atoms with Crippen molar-refractivity contribution >= 4 is 10.0 Å². The van der Waals surface area contributed by atoms with Gasteiger partial charge in [0, 0.05) is 11.6 Å². The second kappa shape index (κ2) is 3.02. The molecule has 0 N–H and O–H groups in total. The Labute approximate surface area is 98.3 Å². The first kappa shape index (κ1) is 11.0. The predicted octanol–water partition coefficient (Wildman–Crippen LogP) is 1.99. The molecule has 3 nitrogen and oxygen atoms in total. The van der Waals surface area contributed by atoms with Gasteiger partial charge in [0.15, 0.2) is 0 Å². The van der Waals surface area contributed by atoms with Gasteiger partial charge in [0.2, 0.25) is 10.0 Å². The van der Waals surface area contributed by atoms with Crippen molar-refractivity contribution in [2.75, 3.05) is 0 Å². The van der Waals surface area contributed by atoms with Gasteiger partial charge in [-0.2, -0.15) is 4.31 Å². The third-order valence-corrected chi connectivity index (χ3v) is 7.31. The van der Waals surface area contributed by atoms with Gasteiger partial charge in [-0.3, -0.25) is 0 Å². The fraction of sp³-hybridized carbons (Fsp3) is 1.00. The Morgan fingerprint density at radius 3 is 2.31 bits per heavy atom. The molecule has 0 aromatic rings. The van der Waals surface area contributed by atoms with E-state index in [0.717, 1.165) is 19.3 Å². The van der Waals surface area contributed by atoms with Crippen LogP contribution in [0.15, 0.2) is 0 Å². The van der Waals surface area contributed by atoms with Crippen LogP contribution in [0, 0.1) is 11.8 Å². The number of fused-ring (bicyclic) bond motifs is 1. The van der Waals surface area contributed by atoms with Crippen molar-refractivity contribution in [3.63, 3.8) is 0 Å². The third-order valence-electron chi connectivity index (χ3n) is 4.64. The minimum Gasteiger partial charge on any atom is -0.212 e. The number of rotatable bonds is 0. The highest BCUT2D eigenvalue weighted by Gasteiger charge is 2.61. The lowest BCUT2D eigenvalue weighted by atomic mass is 9.67. The van der Waals surface area contributed by atoms with Crippen LogP contribution in [0.1, 0.15) is 46.5 Å². The normalized spacial score (nSPS) is 46.2. The second-order valence-corrected chi connectivity index (χ2v) is 8.72. The quantitative estimate of drug-likeness (QED) is 0.652. The van der Waals surface area contributed by atoms with Crippen LogP contribution in [0.5, 0.6) is 0 Å². The van der Waals surface area contributed by atoms with E-state index in [1.807, 2.05) is 25.1 Å². The van der Waals surface area contributed by atoms with Gasteiger partial charge in [-0.05, 0) is 58.3 Å². The van der Waals surface area contributed by atoms with Crippen molar-refractivity contribution in [1.82, 2.24) is 4.31 Å². The fourth-order valence-corrected chi connectivity index (χ4v) is 7.18. The van der Waals surface area contributed by atoms with Gasteiger partial charge in [0.05, 0.1) is 5.25 Å². The van der Waals surface area contributed by atoms with Gasteiger partial charge >= 0.3 is 0 Å². The zero-order valence-electron chi connectivity index (χ0n) is 10.3. The summed E-state index contributed by atoms with van der Waals surface area (Å²) in [6, 6.07) is 0.308. The Morgan fingerprint density at radius 1 is 1.12 bits per heavy atom. The molecule has 3 saturated carbocycles. The Hall–Kier alpha value is -0.0900. The molecule has 4 heteroatoms. The van der Waals surface area contributed by atoms with Gasteiger partial charge in [-0.1, -0.05) is 0 Å². The lowest BCUT2D eigenvalue weighted by Gasteiger charge is -2.42. The number of hydrogen-bond acceptors (Lipinski definition) is 2. The maximum absolute atomic E-state index is 12.5. The van der Waals surface area contributed by atoms with Gasteiger partial charge in [-0.25, -0.2) is 8.42 Å². The maximum Gasteiger partial charge on any atom is 0.218 e. The molecule has 4 fully saturated rings. The van der Waals surface area contributed by atoms with Gasteiger partial charge in [-0.15, -0.1) is 0 Å². The van der Waals surface area contributed by atoms with Crippen LogP contribution in [0.25, 0.3) is 0 Å². The van der Waals surface area contributed by atoms with Gasteiger partial charge in [0.1, 0.15) is 0 Å². The van der Waals surface area contributed by atoms with E-state index in [9.17, 15) is 8.42 Å². The Bertz CT molecular complexity index is 409. The van der Waals surface area contributed by atoms with Gasteiger partial charge in [0.25, 0.3) is 0 Å². The molecular weight excluding hydrogens is 222 g/mol. The van der Waals surface area contributed by atoms with Crippen molar-refractivity contribution in [2.24, 2.45) is 11.8 Å². The Kier molecular flexibility index (Phi) is 2.08. The van der Waals surface area contributed by atoms with Crippen molar-refractivity contribution in [3.05, 3.63) is 0 Å². The highest BCUT2D eigenvalue weighted by Crippen LogP contribution is 2.54. The fourth-order valence-electron chi connectivity index (χ4n) is 4.23. The molecule has 4 bridgehead atoms.